The zero-order valence-electron chi connectivity index (χ0n) is 7.44. The molecule has 2 rings (SSSR count). The number of nitrogens with zero attached hydrogens (tertiary/aromatic N) is 1. The summed E-state index contributed by atoms with van der Waals surface area (Å²) >= 11 is 0. The number of H-pyrrole nitrogens is 1. The molecule has 13 heavy (non-hydrogen) atoms. The highest BCUT2D eigenvalue weighted by molar-refractivity contribution is 4.87. The predicted octanol–water partition coefficient (Wildman–Crippen LogP) is 0.652. The minimum absolute atomic E-state index is 0.0208. The maximum Gasteiger partial charge on any atom is 0.325 e. The van der Waals surface area contributed by atoms with E-state index in [1.807, 2.05) is 0 Å². The van der Waals surface area contributed by atoms with Gasteiger partial charge in [0.05, 0.1) is 12.1 Å². The summed E-state index contributed by atoms with van der Waals surface area (Å²) in [4.78, 5) is 13.8. The van der Waals surface area contributed by atoms with Gasteiger partial charge in [-0.1, -0.05) is 12.8 Å². The summed E-state index contributed by atoms with van der Waals surface area (Å²) in [7, 11) is 0. The standard InChI is InChI=1S/C9H14N2O2/c12-8-4-2-1-3-7(8)11-6-5-10-9(11)13/h5-8,12H,1-4H2,(H,10,13). The number of rotatable bonds is 1. The summed E-state index contributed by atoms with van der Waals surface area (Å²) in [5.41, 5.74) is -0.119. The number of aromatic amines is 1. The molecule has 1 saturated carbocycles. The van der Waals surface area contributed by atoms with Gasteiger partial charge in [0.15, 0.2) is 0 Å². The molecule has 1 fully saturated rings. The van der Waals surface area contributed by atoms with Gasteiger partial charge in [0.1, 0.15) is 0 Å². The molecule has 2 atom stereocenters. The highest BCUT2D eigenvalue weighted by Crippen LogP contribution is 2.27. The maximum absolute atomic E-state index is 11.3. The number of imidazole rings is 1. The fourth-order valence-electron chi connectivity index (χ4n) is 2.01. The molecule has 2 unspecified atom stereocenters. The van der Waals surface area contributed by atoms with Gasteiger partial charge >= 0.3 is 5.69 Å². The average Bonchev–Trinajstić information content (AvgIpc) is 2.52. The highest BCUT2D eigenvalue weighted by Gasteiger charge is 2.25. The van der Waals surface area contributed by atoms with Crippen LogP contribution in [0.25, 0.3) is 0 Å². The summed E-state index contributed by atoms with van der Waals surface area (Å²) < 4.78 is 1.60. The number of hydrogen-bond acceptors (Lipinski definition) is 2. The zero-order chi connectivity index (χ0) is 9.26. The van der Waals surface area contributed by atoms with Crippen LogP contribution in [0.2, 0.25) is 0 Å². The predicted molar refractivity (Wildman–Crippen MR) is 48.6 cm³/mol. The van der Waals surface area contributed by atoms with E-state index in [4.69, 9.17) is 0 Å². The van der Waals surface area contributed by atoms with E-state index >= 15 is 0 Å². The molecule has 0 spiro atoms. The van der Waals surface area contributed by atoms with E-state index in [2.05, 4.69) is 4.98 Å². The van der Waals surface area contributed by atoms with Gasteiger partial charge in [0.25, 0.3) is 0 Å². The second-order valence-electron chi connectivity index (χ2n) is 3.59. The monoisotopic (exact) mass is 182 g/mol. The Morgan fingerprint density at radius 1 is 1.46 bits per heavy atom. The Kier molecular flexibility index (Phi) is 2.22. The van der Waals surface area contributed by atoms with Crippen LogP contribution in [0.4, 0.5) is 0 Å². The second kappa shape index (κ2) is 3.38. The van der Waals surface area contributed by atoms with Crippen molar-refractivity contribution < 1.29 is 5.11 Å². The highest BCUT2D eigenvalue weighted by atomic mass is 16.3. The smallest absolute Gasteiger partial charge is 0.325 e. The van der Waals surface area contributed by atoms with E-state index in [-0.39, 0.29) is 17.8 Å². The van der Waals surface area contributed by atoms with Crippen LogP contribution in [0.5, 0.6) is 0 Å². The first-order chi connectivity index (χ1) is 6.29. The first-order valence-electron chi connectivity index (χ1n) is 4.72. The molecule has 0 saturated heterocycles. The van der Waals surface area contributed by atoms with Gasteiger partial charge in [-0.25, -0.2) is 4.79 Å². The van der Waals surface area contributed by atoms with E-state index < -0.39 is 0 Å². The second-order valence-corrected chi connectivity index (χ2v) is 3.59. The summed E-state index contributed by atoms with van der Waals surface area (Å²) in [6, 6.07) is -0.0208. The number of aliphatic hydroxyl groups excluding tert-OH is 1. The lowest BCUT2D eigenvalue weighted by Gasteiger charge is -2.27. The van der Waals surface area contributed by atoms with Crippen LogP contribution in [-0.4, -0.2) is 20.8 Å². The lowest BCUT2D eigenvalue weighted by molar-refractivity contribution is 0.0739. The third kappa shape index (κ3) is 1.54. The third-order valence-corrected chi connectivity index (χ3v) is 2.73. The van der Waals surface area contributed by atoms with Gasteiger partial charge in [0.2, 0.25) is 0 Å². The van der Waals surface area contributed by atoms with E-state index in [0.717, 1.165) is 25.7 Å². The van der Waals surface area contributed by atoms with Crippen molar-refractivity contribution in [2.45, 2.75) is 37.8 Å². The van der Waals surface area contributed by atoms with E-state index in [1.54, 1.807) is 17.0 Å². The summed E-state index contributed by atoms with van der Waals surface area (Å²) in [6.45, 7) is 0. The van der Waals surface area contributed by atoms with Crippen molar-refractivity contribution in [2.75, 3.05) is 0 Å². The first kappa shape index (κ1) is 8.56. The van der Waals surface area contributed by atoms with E-state index in [1.165, 1.54) is 0 Å². The Balaban J connectivity index is 2.24. The van der Waals surface area contributed by atoms with Gasteiger partial charge in [-0.05, 0) is 12.8 Å². The van der Waals surface area contributed by atoms with Crippen LogP contribution in [0.15, 0.2) is 17.2 Å². The number of hydrogen-bond donors (Lipinski definition) is 2. The Hall–Kier alpha value is -1.03. The quantitative estimate of drug-likeness (QED) is 0.670. The van der Waals surface area contributed by atoms with Gasteiger partial charge in [-0.3, -0.25) is 4.57 Å². The molecule has 1 aromatic rings. The fraction of sp³-hybridized carbons (Fsp3) is 0.667. The molecule has 0 aromatic carbocycles. The molecule has 72 valence electrons. The van der Waals surface area contributed by atoms with Crippen LogP contribution >= 0.6 is 0 Å². The van der Waals surface area contributed by atoms with E-state index in [0.29, 0.717) is 0 Å². The molecular weight excluding hydrogens is 168 g/mol. The Bertz CT molecular complexity index is 328. The average molecular weight is 182 g/mol. The van der Waals surface area contributed by atoms with Crippen LogP contribution in [0.3, 0.4) is 0 Å². The molecule has 4 heteroatoms. The molecule has 0 bridgehead atoms. The molecule has 0 amide bonds. The van der Waals surface area contributed by atoms with Gasteiger partial charge < -0.3 is 10.1 Å². The van der Waals surface area contributed by atoms with Crippen molar-refractivity contribution in [2.24, 2.45) is 0 Å². The molecule has 2 N–H and O–H groups in total. The number of aromatic nitrogens is 2. The molecule has 1 aliphatic rings. The minimum atomic E-state index is -0.359. The lowest BCUT2D eigenvalue weighted by atomic mass is 9.92. The Labute approximate surface area is 76.2 Å². The Morgan fingerprint density at radius 3 is 2.85 bits per heavy atom. The minimum Gasteiger partial charge on any atom is -0.391 e. The van der Waals surface area contributed by atoms with Gasteiger partial charge in [-0.15, -0.1) is 0 Å². The van der Waals surface area contributed by atoms with Gasteiger partial charge in [-0.2, -0.15) is 0 Å². The molecule has 1 heterocycles. The number of aliphatic hydroxyl groups is 1. The summed E-state index contributed by atoms with van der Waals surface area (Å²) in [5, 5.41) is 9.69. The SMILES string of the molecule is O=c1[nH]ccn1C1CCCCC1O. The largest absolute Gasteiger partial charge is 0.391 e. The van der Waals surface area contributed by atoms with Crippen molar-refractivity contribution in [3.8, 4) is 0 Å². The van der Waals surface area contributed by atoms with Crippen molar-refractivity contribution >= 4 is 0 Å². The summed E-state index contributed by atoms with van der Waals surface area (Å²) in [6.07, 6.45) is 6.84. The normalized spacial score (nSPS) is 29.0. The molecule has 0 radical (unpaired) electrons. The molecule has 1 aromatic heterocycles. The molecule has 4 nitrogen and oxygen atoms in total. The first-order valence-corrected chi connectivity index (χ1v) is 4.72. The fourth-order valence-corrected chi connectivity index (χ4v) is 2.01. The van der Waals surface area contributed by atoms with E-state index in [9.17, 15) is 9.90 Å². The zero-order valence-corrected chi connectivity index (χ0v) is 7.44. The Morgan fingerprint density at radius 2 is 2.23 bits per heavy atom. The molecule has 0 aliphatic heterocycles. The van der Waals surface area contributed by atoms with Crippen molar-refractivity contribution in [1.29, 1.82) is 0 Å². The van der Waals surface area contributed by atoms with Crippen LogP contribution in [-0.2, 0) is 0 Å². The van der Waals surface area contributed by atoms with Crippen molar-refractivity contribution in [3.63, 3.8) is 0 Å². The van der Waals surface area contributed by atoms with Crippen LogP contribution in [0, 0.1) is 0 Å². The topological polar surface area (TPSA) is 58.0 Å². The van der Waals surface area contributed by atoms with Crippen molar-refractivity contribution in [1.82, 2.24) is 9.55 Å². The maximum atomic E-state index is 11.3. The summed E-state index contributed by atoms with van der Waals surface area (Å²) in [5.74, 6) is 0. The van der Waals surface area contributed by atoms with Gasteiger partial charge in [0, 0.05) is 12.4 Å². The third-order valence-electron chi connectivity index (χ3n) is 2.73. The lowest BCUT2D eigenvalue weighted by Crippen LogP contribution is -2.32. The van der Waals surface area contributed by atoms with Crippen LogP contribution in [0.1, 0.15) is 31.7 Å². The number of nitrogens with one attached hydrogen (secondary N) is 1. The van der Waals surface area contributed by atoms with Crippen molar-refractivity contribution in [3.05, 3.63) is 22.9 Å². The molecule has 1 aliphatic carbocycles. The van der Waals surface area contributed by atoms with Crippen LogP contribution < -0.4 is 5.69 Å². The molecular formula is C9H14N2O2.